The zero-order valence-corrected chi connectivity index (χ0v) is 16.0. The Morgan fingerprint density at radius 1 is 1.07 bits per heavy atom. The molecule has 1 amide bonds. The van der Waals surface area contributed by atoms with Crippen molar-refractivity contribution < 1.29 is 13.9 Å². The lowest BCUT2D eigenvalue weighted by Gasteiger charge is -2.08. The summed E-state index contributed by atoms with van der Waals surface area (Å²) in [6.45, 7) is 0.466. The first-order chi connectivity index (χ1) is 14.3. The number of nitrogens with zero attached hydrogens (tertiary/aromatic N) is 2. The van der Waals surface area contributed by atoms with E-state index in [1.165, 1.54) is 0 Å². The SMILES string of the molecule is COc1ccccc1-c1nn(-c2ccccc2)cc1C(=O)NCCc1ccco1. The number of para-hydroxylation sites is 2. The third kappa shape index (κ3) is 4.06. The van der Waals surface area contributed by atoms with Gasteiger partial charge in [0.15, 0.2) is 0 Å². The summed E-state index contributed by atoms with van der Waals surface area (Å²) >= 11 is 0. The van der Waals surface area contributed by atoms with E-state index in [-0.39, 0.29) is 5.91 Å². The lowest BCUT2D eigenvalue weighted by molar-refractivity contribution is 0.0954. The van der Waals surface area contributed by atoms with Crippen LogP contribution in [0.2, 0.25) is 0 Å². The Morgan fingerprint density at radius 2 is 1.86 bits per heavy atom. The second-order valence-corrected chi connectivity index (χ2v) is 6.46. The minimum Gasteiger partial charge on any atom is -0.496 e. The number of benzene rings is 2. The van der Waals surface area contributed by atoms with E-state index in [2.05, 4.69) is 5.32 Å². The highest BCUT2D eigenvalue weighted by Gasteiger charge is 2.21. The number of nitrogens with one attached hydrogen (secondary N) is 1. The van der Waals surface area contributed by atoms with Gasteiger partial charge in [0.25, 0.3) is 5.91 Å². The predicted molar refractivity (Wildman–Crippen MR) is 110 cm³/mol. The van der Waals surface area contributed by atoms with Crippen LogP contribution in [0.5, 0.6) is 5.75 Å². The van der Waals surface area contributed by atoms with Gasteiger partial charge in [-0.25, -0.2) is 4.68 Å². The first-order valence-electron chi connectivity index (χ1n) is 9.35. The number of amides is 1. The Bertz CT molecular complexity index is 1090. The van der Waals surface area contributed by atoms with Gasteiger partial charge in [0.1, 0.15) is 17.2 Å². The van der Waals surface area contributed by atoms with Crippen LogP contribution in [0.1, 0.15) is 16.1 Å². The molecule has 0 spiro atoms. The highest BCUT2D eigenvalue weighted by molar-refractivity contribution is 6.00. The van der Waals surface area contributed by atoms with Crippen molar-refractivity contribution in [3.8, 4) is 22.7 Å². The molecule has 0 bridgehead atoms. The highest BCUT2D eigenvalue weighted by Crippen LogP contribution is 2.31. The maximum absolute atomic E-state index is 13.0. The molecule has 4 rings (SSSR count). The summed E-state index contributed by atoms with van der Waals surface area (Å²) < 4.78 is 12.5. The van der Waals surface area contributed by atoms with Crippen LogP contribution in [0.15, 0.2) is 83.6 Å². The first-order valence-corrected chi connectivity index (χ1v) is 9.35. The molecule has 0 aliphatic heterocycles. The molecule has 6 nitrogen and oxygen atoms in total. The molecule has 0 saturated heterocycles. The number of carbonyl (C=O) groups is 1. The number of aromatic nitrogens is 2. The van der Waals surface area contributed by atoms with E-state index in [0.717, 1.165) is 17.0 Å². The van der Waals surface area contributed by atoms with Crippen molar-refractivity contribution >= 4 is 5.91 Å². The lowest BCUT2D eigenvalue weighted by atomic mass is 10.1. The van der Waals surface area contributed by atoms with E-state index < -0.39 is 0 Å². The summed E-state index contributed by atoms with van der Waals surface area (Å²) in [4.78, 5) is 13.0. The van der Waals surface area contributed by atoms with E-state index in [0.29, 0.717) is 30.0 Å². The molecule has 2 aromatic carbocycles. The summed E-state index contributed by atoms with van der Waals surface area (Å²) in [5, 5.41) is 7.65. The predicted octanol–water partition coefficient (Wildman–Crippen LogP) is 4.11. The van der Waals surface area contributed by atoms with Crippen LogP contribution in [-0.2, 0) is 6.42 Å². The minimum absolute atomic E-state index is 0.195. The molecule has 29 heavy (non-hydrogen) atoms. The molecule has 0 radical (unpaired) electrons. The Morgan fingerprint density at radius 3 is 2.62 bits per heavy atom. The zero-order chi connectivity index (χ0) is 20.1. The third-order valence-corrected chi connectivity index (χ3v) is 4.58. The van der Waals surface area contributed by atoms with Crippen molar-refractivity contribution in [2.45, 2.75) is 6.42 Å². The average molecular weight is 387 g/mol. The monoisotopic (exact) mass is 387 g/mol. The van der Waals surface area contributed by atoms with E-state index in [1.807, 2.05) is 66.7 Å². The molecule has 2 aromatic heterocycles. The van der Waals surface area contributed by atoms with Gasteiger partial charge < -0.3 is 14.5 Å². The minimum atomic E-state index is -0.195. The van der Waals surface area contributed by atoms with Gasteiger partial charge in [0.2, 0.25) is 0 Å². The topological polar surface area (TPSA) is 69.3 Å². The van der Waals surface area contributed by atoms with Gasteiger partial charge in [0.05, 0.1) is 24.6 Å². The van der Waals surface area contributed by atoms with Crippen molar-refractivity contribution in [1.82, 2.24) is 15.1 Å². The average Bonchev–Trinajstić information content (AvgIpc) is 3.44. The summed E-state index contributed by atoms with van der Waals surface area (Å²) in [6, 6.07) is 21.0. The number of carbonyl (C=O) groups excluding carboxylic acids is 1. The Labute approximate surface area is 168 Å². The van der Waals surface area contributed by atoms with Crippen LogP contribution in [0, 0.1) is 0 Å². The van der Waals surface area contributed by atoms with E-state index in [9.17, 15) is 4.79 Å². The van der Waals surface area contributed by atoms with Gasteiger partial charge >= 0.3 is 0 Å². The normalized spacial score (nSPS) is 10.7. The van der Waals surface area contributed by atoms with Crippen LogP contribution in [0.4, 0.5) is 0 Å². The smallest absolute Gasteiger partial charge is 0.255 e. The molecular formula is C23H21N3O3. The van der Waals surface area contributed by atoms with Gasteiger partial charge in [-0.1, -0.05) is 30.3 Å². The van der Waals surface area contributed by atoms with Crippen molar-refractivity contribution in [1.29, 1.82) is 0 Å². The molecule has 0 aliphatic carbocycles. The number of ether oxygens (including phenoxy) is 1. The van der Waals surface area contributed by atoms with Crippen LogP contribution in [-0.4, -0.2) is 29.3 Å². The molecular weight excluding hydrogens is 366 g/mol. The van der Waals surface area contributed by atoms with Gasteiger partial charge in [-0.15, -0.1) is 0 Å². The molecule has 0 saturated carbocycles. The van der Waals surface area contributed by atoms with Crippen molar-refractivity contribution in [2.75, 3.05) is 13.7 Å². The fourth-order valence-electron chi connectivity index (χ4n) is 3.14. The second kappa shape index (κ2) is 8.48. The van der Waals surface area contributed by atoms with Crippen LogP contribution >= 0.6 is 0 Å². The maximum Gasteiger partial charge on any atom is 0.255 e. The van der Waals surface area contributed by atoms with E-state index >= 15 is 0 Å². The number of hydrogen-bond acceptors (Lipinski definition) is 4. The lowest BCUT2D eigenvalue weighted by Crippen LogP contribution is -2.25. The fraction of sp³-hybridized carbons (Fsp3) is 0.130. The van der Waals surface area contributed by atoms with Gasteiger partial charge in [-0.2, -0.15) is 5.10 Å². The Balaban J connectivity index is 1.67. The fourth-order valence-corrected chi connectivity index (χ4v) is 3.14. The summed E-state index contributed by atoms with van der Waals surface area (Å²) in [6.07, 6.45) is 4.00. The largest absolute Gasteiger partial charge is 0.496 e. The zero-order valence-electron chi connectivity index (χ0n) is 16.0. The molecule has 0 fully saturated rings. The Kier molecular flexibility index (Phi) is 5.42. The number of methoxy groups -OCH3 is 1. The molecule has 2 heterocycles. The maximum atomic E-state index is 13.0. The van der Waals surface area contributed by atoms with Crippen LogP contribution in [0.3, 0.4) is 0 Å². The standard InChI is InChI=1S/C23H21N3O3/c1-28-21-12-6-5-11-19(21)22-20(16-26(25-22)17-8-3-2-4-9-17)23(27)24-14-13-18-10-7-15-29-18/h2-12,15-16H,13-14H2,1H3,(H,24,27). The summed E-state index contributed by atoms with van der Waals surface area (Å²) in [7, 11) is 1.61. The highest BCUT2D eigenvalue weighted by atomic mass is 16.5. The number of rotatable bonds is 7. The van der Waals surface area contributed by atoms with Crippen molar-refractivity contribution in [3.63, 3.8) is 0 Å². The van der Waals surface area contributed by atoms with Gasteiger partial charge in [-0.3, -0.25) is 4.79 Å². The summed E-state index contributed by atoms with van der Waals surface area (Å²) in [5.74, 6) is 1.30. The van der Waals surface area contributed by atoms with Crippen molar-refractivity contribution in [3.05, 3.63) is 90.5 Å². The third-order valence-electron chi connectivity index (χ3n) is 4.58. The van der Waals surface area contributed by atoms with Gasteiger partial charge in [0, 0.05) is 24.7 Å². The van der Waals surface area contributed by atoms with Crippen LogP contribution < -0.4 is 10.1 Å². The molecule has 146 valence electrons. The second-order valence-electron chi connectivity index (χ2n) is 6.46. The molecule has 4 aromatic rings. The number of furan rings is 1. The van der Waals surface area contributed by atoms with Gasteiger partial charge in [-0.05, 0) is 36.4 Å². The molecule has 6 heteroatoms. The van der Waals surface area contributed by atoms with E-state index in [4.69, 9.17) is 14.3 Å². The molecule has 0 unspecified atom stereocenters. The van der Waals surface area contributed by atoms with E-state index in [1.54, 1.807) is 24.3 Å². The number of hydrogen-bond donors (Lipinski definition) is 1. The quantitative estimate of drug-likeness (QED) is 0.518. The molecule has 0 aliphatic rings. The summed E-state index contributed by atoms with van der Waals surface area (Å²) in [5.41, 5.74) is 2.69. The Hall–Kier alpha value is -3.80. The molecule has 1 N–H and O–H groups in total. The van der Waals surface area contributed by atoms with Crippen LogP contribution in [0.25, 0.3) is 16.9 Å². The van der Waals surface area contributed by atoms with Crippen molar-refractivity contribution in [2.24, 2.45) is 0 Å². The first kappa shape index (κ1) is 18.6. The molecule has 0 atom stereocenters.